The second kappa shape index (κ2) is 11.0. The molecule has 1 aliphatic heterocycles. The number of halogens is 2. The first-order valence-electron chi connectivity index (χ1n) is 11.1. The fourth-order valence-corrected chi connectivity index (χ4v) is 5.69. The Hall–Kier alpha value is -1.60. The highest BCUT2D eigenvalue weighted by molar-refractivity contribution is 7.91. The molecule has 5 nitrogen and oxygen atoms in total. The number of nitrogens with zero attached hydrogens (tertiary/aromatic N) is 1. The number of sulfone groups is 1. The summed E-state index contributed by atoms with van der Waals surface area (Å²) in [5.41, 5.74) is 3.08. The minimum atomic E-state index is -3.43. The number of likely N-dealkylation sites (tertiary alicyclic amines) is 1. The molecule has 1 heterocycles. The summed E-state index contributed by atoms with van der Waals surface area (Å²) in [6.07, 6.45) is 4.46. The summed E-state index contributed by atoms with van der Waals surface area (Å²) < 4.78 is 24.8. The van der Waals surface area contributed by atoms with Gasteiger partial charge < -0.3 is 5.32 Å². The summed E-state index contributed by atoms with van der Waals surface area (Å²) in [4.78, 5) is 15.5. The van der Waals surface area contributed by atoms with Gasteiger partial charge in [0.05, 0.1) is 10.6 Å². The molecule has 0 unspecified atom stereocenters. The quantitative estimate of drug-likeness (QED) is 0.540. The second-order valence-corrected chi connectivity index (χ2v) is 11.2. The number of carbonyl (C=O) groups excluding carboxylic acids is 1. The van der Waals surface area contributed by atoms with Crippen molar-refractivity contribution in [1.82, 2.24) is 10.2 Å². The Labute approximate surface area is 201 Å². The van der Waals surface area contributed by atoms with Crippen molar-refractivity contribution in [2.75, 3.05) is 18.8 Å². The number of nitrogens with one attached hydrogen (secondary N) is 1. The topological polar surface area (TPSA) is 66.5 Å². The van der Waals surface area contributed by atoms with E-state index >= 15 is 0 Å². The summed E-state index contributed by atoms with van der Waals surface area (Å²) >= 11 is 12.7. The first kappa shape index (κ1) is 25.0. The van der Waals surface area contributed by atoms with Gasteiger partial charge in [0, 0.05) is 28.7 Å². The maximum Gasteiger partial charge on any atom is 0.251 e. The highest BCUT2D eigenvalue weighted by atomic mass is 35.5. The second-order valence-electron chi connectivity index (χ2n) is 8.12. The molecule has 0 radical (unpaired) electrons. The maximum absolute atomic E-state index is 12.9. The van der Waals surface area contributed by atoms with E-state index in [-0.39, 0.29) is 23.1 Å². The molecule has 1 fully saturated rings. The Bertz CT molecular complexity index is 1080. The highest BCUT2D eigenvalue weighted by Crippen LogP contribution is 2.27. The van der Waals surface area contributed by atoms with E-state index in [2.05, 4.69) is 17.1 Å². The lowest BCUT2D eigenvalue weighted by atomic mass is 9.99. The number of benzene rings is 2. The molecule has 0 saturated carbocycles. The summed E-state index contributed by atoms with van der Waals surface area (Å²) in [6, 6.07) is 8.21. The molecule has 174 valence electrons. The van der Waals surface area contributed by atoms with E-state index in [4.69, 9.17) is 23.2 Å². The van der Waals surface area contributed by atoms with Crippen LogP contribution in [0, 0.1) is 0 Å². The fraction of sp³-hybridized carbons (Fsp3) is 0.458. The first-order chi connectivity index (χ1) is 15.2. The van der Waals surface area contributed by atoms with Crippen LogP contribution in [0.5, 0.6) is 0 Å². The molecule has 0 bridgehead atoms. The van der Waals surface area contributed by atoms with Crippen molar-refractivity contribution in [3.8, 4) is 0 Å². The van der Waals surface area contributed by atoms with Crippen LogP contribution in [0.15, 0.2) is 35.2 Å². The van der Waals surface area contributed by atoms with Gasteiger partial charge in [-0.15, -0.1) is 0 Å². The lowest BCUT2D eigenvalue weighted by molar-refractivity contribution is 0.0950. The molecular weight excluding hydrogens is 467 g/mol. The number of carbonyl (C=O) groups is 1. The van der Waals surface area contributed by atoms with Crippen molar-refractivity contribution in [1.29, 1.82) is 0 Å². The molecule has 3 rings (SSSR count). The molecule has 0 spiro atoms. The SMILES string of the molecule is CCc1cc(C(=O)NCc2cc(Cl)ccc2S(=O)(=O)CC)cc(Cl)c1CN1CCCCC1. The van der Waals surface area contributed by atoms with Crippen LogP contribution in [0.2, 0.25) is 10.0 Å². The predicted octanol–water partition coefficient (Wildman–Crippen LogP) is 5.27. The van der Waals surface area contributed by atoms with Crippen molar-refractivity contribution >= 4 is 38.9 Å². The van der Waals surface area contributed by atoms with E-state index in [1.54, 1.807) is 25.1 Å². The molecule has 32 heavy (non-hydrogen) atoms. The smallest absolute Gasteiger partial charge is 0.251 e. The van der Waals surface area contributed by atoms with Gasteiger partial charge in [-0.2, -0.15) is 0 Å². The largest absolute Gasteiger partial charge is 0.348 e. The molecule has 2 aromatic rings. The zero-order valence-electron chi connectivity index (χ0n) is 18.6. The number of amides is 1. The average molecular weight is 497 g/mol. The van der Waals surface area contributed by atoms with Crippen LogP contribution >= 0.6 is 23.2 Å². The van der Waals surface area contributed by atoms with Gasteiger partial charge in [0.25, 0.3) is 5.91 Å². The van der Waals surface area contributed by atoms with Crippen LogP contribution in [0.3, 0.4) is 0 Å². The number of piperidine rings is 1. The van der Waals surface area contributed by atoms with Crippen molar-refractivity contribution in [3.05, 3.63) is 62.6 Å². The van der Waals surface area contributed by atoms with Gasteiger partial charge in [0.15, 0.2) is 9.84 Å². The van der Waals surface area contributed by atoms with Gasteiger partial charge >= 0.3 is 0 Å². The number of rotatable bonds is 8. The van der Waals surface area contributed by atoms with Crippen LogP contribution in [-0.4, -0.2) is 38.1 Å². The molecule has 1 amide bonds. The standard InChI is InChI=1S/C24H30Cl2N2O3S/c1-3-17-12-18(14-22(26)21(17)16-28-10-6-5-7-11-28)24(29)27-15-19-13-20(25)8-9-23(19)32(30,31)4-2/h8-9,12-14H,3-7,10-11,15-16H2,1-2H3,(H,27,29). The Morgan fingerprint density at radius 1 is 1.03 bits per heavy atom. The van der Waals surface area contributed by atoms with Crippen LogP contribution < -0.4 is 5.32 Å². The summed E-state index contributed by atoms with van der Waals surface area (Å²) in [6.45, 7) is 6.65. The van der Waals surface area contributed by atoms with E-state index in [0.717, 1.165) is 37.2 Å². The Balaban J connectivity index is 1.79. The Morgan fingerprint density at radius 2 is 1.75 bits per heavy atom. The van der Waals surface area contributed by atoms with E-state index < -0.39 is 9.84 Å². The van der Waals surface area contributed by atoms with Crippen LogP contribution in [-0.2, 0) is 29.3 Å². The van der Waals surface area contributed by atoms with Crippen molar-refractivity contribution in [3.63, 3.8) is 0 Å². The van der Waals surface area contributed by atoms with E-state index in [9.17, 15) is 13.2 Å². The third-order valence-corrected chi connectivity index (χ3v) is 8.34. The molecule has 1 saturated heterocycles. The number of hydrogen-bond acceptors (Lipinski definition) is 4. The summed E-state index contributed by atoms with van der Waals surface area (Å²) in [7, 11) is -3.43. The van der Waals surface area contributed by atoms with Crippen LogP contribution in [0.4, 0.5) is 0 Å². The molecule has 0 aromatic heterocycles. The summed E-state index contributed by atoms with van der Waals surface area (Å²) in [5, 5.41) is 3.84. The van der Waals surface area contributed by atoms with Crippen molar-refractivity contribution < 1.29 is 13.2 Å². The van der Waals surface area contributed by atoms with E-state index in [1.807, 2.05) is 6.07 Å². The lowest BCUT2D eigenvalue weighted by Gasteiger charge is -2.28. The van der Waals surface area contributed by atoms with Gasteiger partial charge in [-0.3, -0.25) is 9.69 Å². The molecular formula is C24H30Cl2N2O3S. The maximum atomic E-state index is 12.9. The van der Waals surface area contributed by atoms with Crippen LogP contribution in [0.25, 0.3) is 0 Å². The number of hydrogen-bond donors (Lipinski definition) is 1. The predicted molar refractivity (Wildman–Crippen MR) is 130 cm³/mol. The Morgan fingerprint density at radius 3 is 2.41 bits per heavy atom. The lowest BCUT2D eigenvalue weighted by Crippen LogP contribution is -2.30. The highest BCUT2D eigenvalue weighted by Gasteiger charge is 2.20. The van der Waals surface area contributed by atoms with Gasteiger partial charge in [-0.1, -0.05) is 43.5 Å². The third-order valence-electron chi connectivity index (χ3n) is 5.94. The zero-order chi connectivity index (χ0) is 23.3. The van der Waals surface area contributed by atoms with Gasteiger partial charge in [0.2, 0.25) is 0 Å². The first-order valence-corrected chi connectivity index (χ1v) is 13.5. The molecule has 0 atom stereocenters. The molecule has 2 aromatic carbocycles. The van der Waals surface area contributed by atoms with Gasteiger partial charge in [-0.05, 0) is 79.4 Å². The normalized spacial score (nSPS) is 15.0. The van der Waals surface area contributed by atoms with Gasteiger partial charge in [-0.25, -0.2) is 8.42 Å². The zero-order valence-corrected chi connectivity index (χ0v) is 20.9. The molecule has 1 aliphatic rings. The summed E-state index contributed by atoms with van der Waals surface area (Å²) in [5.74, 6) is -0.324. The van der Waals surface area contributed by atoms with Crippen molar-refractivity contribution in [2.24, 2.45) is 0 Å². The van der Waals surface area contributed by atoms with Gasteiger partial charge in [0.1, 0.15) is 0 Å². The van der Waals surface area contributed by atoms with Crippen molar-refractivity contribution in [2.45, 2.75) is 57.5 Å². The number of aryl methyl sites for hydroxylation is 1. The van der Waals surface area contributed by atoms with E-state index in [0.29, 0.717) is 21.2 Å². The molecule has 8 heteroatoms. The average Bonchev–Trinajstić information content (AvgIpc) is 2.79. The molecule has 1 N–H and O–H groups in total. The van der Waals surface area contributed by atoms with Crippen LogP contribution in [0.1, 0.15) is 60.2 Å². The Kier molecular flexibility index (Phi) is 8.62. The monoisotopic (exact) mass is 496 g/mol. The molecule has 0 aliphatic carbocycles. The van der Waals surface area contributed by atoms with E-state index in [1.165, 1.54) is 25.3 Å². The third kappa shape index (κ3) is 6.04. The fourth-order valence-electron chi connectivity index (χ4n) is 4.08. The minimum absolute atomic E-state index is 0.0243. The minimum Gasteiger partial charge on any atom is -0.348 e.